The lowest BCUT2D eigenvalue weighted by Crippen LogP contribution is -2.46. The molecule has 0 saturated heterocycles. The first kappa shape index (κ1) is 38.0. The summed E-state index contributed by atoms with van der Waals surface area (Å²) < 4.78 is 51.6. The van der Waals surface area contributed by atoms with Gasteiger partial charge in [0.25, 0.3) is 0 Å². The zero-order valence-corrected chi connectivity index (χ0v) is 26.7. The van der Waals surface area contributed by atoms with Crippen molar-refractivity contribution in [2.75, 3.05) is 79.3 Å². The number of hydrogen-bond donors (Lipinski definition) is 2. The van der Waals surface area contributed by atoms with Crippen LogP contribution in [0.3, 0.4) is 0 Å². The van der Waals surface area contributed by atoms with E-state index in [9.17, 15) is 10.2 Å². The van der Waals surface area contributed by atoms with Gasteiger partial charge in [0, 0.05) is 71.6 Å². The van der Waals surface area contributed by atoms with Crippen molar-refractivity contribution >= 4 is 17.6 Å². The molecule has 0 rings (SSSR count). The summed E-state index contributed by atoms with van der Waals surface area (Å²) in [5.74, 6) is 0. The van der Waals surface area contributed by atoms with Crippen molar-refractivity contribution in [3.63, 3.8) is 0 Å². The summed E-state index contributed by atoms with van der Waals surface area (Å²) in [6.45, 7) is 16.7. The predicted molar refractivity (Wildman–Crippen MR) is 149 cm³/mol. The standard InChI is InChI=1S/C25H56O11Si2/c1-7-31-37(32-8-2,33-9-3)19-13-16-28-21-24(26)15-18-30-23-25(27)22-29-17-14-20-38(34-10-4,35-11-5)36-12-6/h24-27H,7-23H2,1-6H3. The van der Waals surface area contributed by atoms with Crippen molar-refractivity contribution < 1.29 is 51.0 Å². The van der Waals surface area contributed by atoms with Gasteiger partial charge in [-0.3, -0.25) is 0 Å². The third kappa shape index (κ3) is 18.4. The van der Waals surface area contributed by atoms with Crippen LogP contribution in [0.15, 0.2) is 0 Å². The second-order valence-corrected chi connectivity index (χ2v) is 14.0. The van der Waals surface area contributed by atoms with Crippen LogP contribution in [0.5, 0.6) is 0 Å². The Balaban J connectivity index is 3.95. The van der Waals surface area contributed by atoms with Crippen molar-refractivity contribution in [2.45, 2.75) is 85.1 Å². The van der Waals surface area contributed by atoms with E-state index in [-0.39, 0.29) is 19.8 Å². The lowest BCUT2D eigenvalue weighted by molar-refractivity contribution is -0.0319. The quantitative estimate of drug-likeness (QED) is 0.0990. The lowest BCUT2D eigenvalue weighted by atomic mass is 10.3. The second kappa shape index (κ2) is 24.8. The molecule has 0 spiro atoms. The van der Waals surface area contributed by atoms with Gasteiger partial charge in [0.05, 0.1) is 25.9 Å². The van der Waals surface area contributed by atoms with E-state index in [4.69, 9.17) is 40.8 Å². The molecule has 0 aromatic rings. The first-order valence-corrected chi connectivity index (χ1v) is 18.2. The fraction of sp³-hybridized carbons (Fsp3) is 1.00. The Hall–Kier alpha value is -0.00623. The molecular weight excluding hydrogens is 532 g/mol. The molecule has 2 atom stereocenters. The summed E-state index contributed by atoms with van der Waals surface area (Å²) in [5.41, 5.74) is 0. The van der Waals surface area contributed by atoms with Gasteiger partial charge in [-0.1, -0.05) is 0 Å². The van der Waals surface area contributed by atoms with E-state index in [2.05, 4.69) is 0 Å². The summed E-state index contributed by atoms with van der Waals surface area (Å²) in [4.78, 5) is 0. The Bertz CT molecular complexity index is 442. The second-order valence-electron chi connectivity index (χ2n) is 8.49. The highest BCUT2D eigenvalue weighted by Gasteiger charge is 2.40. The van der Waals surface area contributed by atoms with Gasteiger partial charge in [-0.2, -0.15) is 0 Å². The average molecular weight is 589 g/mol. The molecule has 11 nitrogen and oxygen atoms in total. The molecule has 2 N–H and O–H groups in total. The number of hydrogen-bond acceptors (Lipinski definition) is 11. The summed E-state index contributed by atoms with van der Waals surface area (Å²) >= 11 is 0. The summed E-state index contributed by atoms with van der Waals surface area (Å²) in [6.07, 6.45) is 0.497. The molecule has 0 aliphatic heterocycles. The highest BCUT2D eigenvalue weighted by atomic mass is 28.4. The van der Waals surface area contributed by atoms with E-state index < -0.39 is 29.8 Å². The van der Waals surface area contributed by atoms with Gasteiger partial charge in [-0.05, 0) is 60.8 Å². The summed E-state index contributed by atoms with van der Waals surface area (Å²) in [6, 6.07) is 1.35. The van der Waals surface area contributed by atoms with Crippen LogP contribution in [-0.4, -0.2) is 119 Å². The molecule has 13 heteroatoms. The van der Waals surface area contributed by atoms with Crippen molar-refractivity contribution in [1.29, 1.82) is 0 Å². The third-order valence-corrected chi connectivity index (χ3v) is 11.6. The molecule has 0 aromatic carbocycles. The van der Waals surface area contributed by atoms with E-state index in [1.54, 1.807) is 0 Å². The Kier molecular flexibility index (Phi) is 24.8. The zero-order chi connectivity index (χ0) is 28.5. The topological polar surface area (TPSA) is 124 Å². The molecule has 0 saturated carbocycles. The normalized spacial score (nSPS) is 14.2. The van der Waals surface area contributed by atoms with Crippen LogP contribution in [-0.2, 0) is 40.8 Å². The lowest BCUT2D eigenvalue weighted by Gasteiger charge is -2.28. The zero-order valence-electron chi connectivity index (χ0n) is 24.7. The maximum atomic E-state index is 10.1. The molecule has 0 bridgehead atoms. The summed E-state index contributed by atoms with van der Waals surface area (Å²) in [7, 11) is -5.31. The van der Waals surface area contributed by atoms with Gasteiger partial charge in [-0.25, -0.2) is 0 Å². The van der Waals surface area contributed by atoms with Crippen LogP contribution in [0.4, 0.5) is 0 Å². The molecule has 0 amide bonds. The Labute approximate surface area is 233 Å². The van der Waals surface area contributed by atoms with Gasteiger partial charge >= 0.3 is 17.6 Å². The van der Waals surface area contributed by atoms with Crippen LogP contribution in [0.2, 0.25) is 12.1 Å². The van der Waals surface area contributed by atoms with E-state index in [1.807, 2.05) is 41.5 Å². The molecule has 0 aliphatic carbocycles. The van der Waals surface area contributed by atoms with E-state index >= 15 is 0 Å². The maximum Gasteiger partial charge on any atom is 0.501 e. The highest BCUT2D eigenvalue weighted by Crippen LogP contribution is 2.19. The monoisotopic (exact) mass is 588 g/mol. The first-order valence-electron chi connectivity index (χ1n) is 14.3. The highest BCUT2D eigenvalue weighted by molar-refractivity contribution is 6.61. The van der Waals surface area contributed by atoms with Crippen LogP contribution in [0, 0.1) is 0 Å². The first-order chi connectivity index (χ1) is 18.4. The smallest absolute Gasteiger partial charge is 0.391 e. The van der Waals surface area contributed by atoms with Gasteiger partial charge in [0.15, 0.2) is 0 Å². The minimum Gasteiger partial charge on any atom is -0.391 e. The molecule has 0 aromatic heterocycles. The van der Waals surface area contributed by atoms with E-state index in [0.717, 1.165) is 12.8 Å². The predicted octanol–water partition coefficient (Wildman–Crippen LogP) is 3.03. The van der Waals surface area contributed by atoms with Crippen LogP contribution < -0.4 is 0 Å². The SMILES string of the molecule is CCO[Si](CCCOCC(O)CCOCC(O)COCCC[Si](OCC)(OCC)OCC)(OCC)OCC. The van der Waals surface area contributed by atoms with E-state index in [1.165, 1.54) is 0 Å². The van der Waals surface area contributed by atoms with Gasteiger partial charge in [-0.15, -0.1) is 0 Å². The van der Waals surface area contributed by atoms with Crippen molar-refractivity contribution in [2.24, 2.45) is 0 Å². The largest absolute Gasteiger partial charge is 0.501 e. The Morgan fingerprint density at radius 3 is 1.13 bits per heavy atom. The summed E-state index contributed by atoms with van der Waals surface area (Å²) in [5, 5.41) is 20.2. The Morgan fingerprint density at radius 1 is 0.474 bits per heavy atom. The Morgan fingerprint density at radius 2 is 0.789 bits per heavy atom. The van der Waals surface area contributed by atoms with Gasteiger partial charge < -0.3 is 51.0 Å². The van der Waals surface area contributed by atoms with Crippen LogP contribution >= 0.6 is 0 Å². The number of ether oxygens (including phenoxy) is 3. The minimum atomic E-state index is -2.66. The van der Waals surface area contributed by atoms with E-state index in [0.29, 0.717) is 78.0 Å². The van der Waals surface area contributed by atoms with Crippen molar-refractivity contribution in [1.82, 2.24) is 0 Å². The molecule has 0 fully saturated rings. The van der Waals surface area contributed by atoms with Gasteiger partial charge in [0.1, 0.15) is 6.10 Å². The molecule has 0 heterocycles. The van der Waals surface area contributed by atoms with Gasteiger partial charge in [0.2, 0.25) is 0 Å². The van der Waals surface area contributed by atoms with Crippen molar-refractivity contribution in [3.05, 3.63) is 0 Å². The molecule has 0 aliphatic rings. The number of aliphatic hydroxyl groups excluding tert-OH is 2. The molecule has 230 valence electrons. The maximum absolute atomic E-state index is 10.1. The number of aliphatic hydroxyl groups is 2. The minimum absolute atomic E-state index is 0.141. The molecule has 2 unspecified atom stereocenters. The molecule has 38 heavy (non-hydrogen) atoms. The van der Waals surface area contributed by atoms with Crippen LogP contribution in [0.25, 0.3) is 0 Å². The average Bonchev–Trinajstić information content (AvgIpc) is 2.87. The van der Waals surface area contributed by atoms with Crippen LogP contribution in [0.1, 0.15) is 60.8 Å². The molecular formula is C25H56O11Si2. The molecule has 0 radical (unpaired) electrons. The van der Waals surface area contributed by atoms with Crippen molar-refractivity contribution in [3.8, 4) is 0 Å². The number of rotatable bonds is 29. The fourth-order valence-electron chi connectivity index (χ4n) is 3.79. The third-order valence-electron chi connectivity index (χ3n) is 5.25. The fourth-order valence-corrected chi connectivity index (χ4v) is 8.95.